The van der Waals surface area contributed by atoms with Crippen LogP contribution in [0.4, 0.5) is 24.7 Å². The van der Waals surface area contributed by atoms with Crippen molar-refractivity contribution in [3.8, 4) is 11.4 Å². The number of aromatic carboxylic acids is 1. The predicted octanol–water partition coefficient (Wildman–Crippen LogP) is 6.08. The number of ether oxygens (including phenoxy) is 1. The van der Waals surface area contributed by atoms with Crippen LogP contribution in [0.5, 0.6) is 5.75 Å². The Bertz CT molecular complexity index is 1600. The maximum atomic E-state index is 12.6. The van der Waals surface area contributed by atoms with E-state index in [9.17, 15) is 37.4 Å². The minimum Gasteiger partial charge on any atom is -0.494 e. The van der Waals surface area contributed by atoms with Crippen molar-refractivity contribution in [2.75, 3.05) is 25.7 Å². The van der Waals surface area contributed by atoms with Crippen molar-refractivity contribution in [1.82, 2.24) is 9.78 Å². The van der Waals surface area contributed by atoms with Crippen molar-refractivity contribution in [2.45, 2.75) is 18.6 Å². The van der Waals surface area contributed by atoms with Gasteiger partial charge in [0.15, 0.2) is 13.1 Å². The number of rotatable bonds is 8. The van der Waals surface area contributed by atoms with E-state index in [4.69, 9.17) is 77.7 Å². The van der Waals surface area contributed by atoms with E-state index in [2.05, 4.69) is 5.10 Å². The topological polar surface area (TPSA) is 234 Å². The molecule has 3 rings (SSSR count). The van der Waals surface area contributed by atoms with E-state index in [1.165, 1.54) is 25.9 Å². The molecule has 0 aliphatic carbocycles. The number of carbonyl (C=O) groups is 2. The number of alkyl halides is 3. The van der Waals surface area contributed by atoms with Crippen molar-refractivity contribution >= 4 is 77.2 Å². The van der Waals surface area contributed by atoms with E-state index < -0.39 is 53.5 Å². The van der Waals surface area contributed by atoms with Crippen LogP contribution in [0.1, 0.15) is 22.3 Å². The number of halogens is 7. The van der Waals surface area contributed by atoms with Gasteiger partial charge in [-0.05, 0) is 30.7 Å². The maximum Gasteiger partial charge on any atom is 0.416 e. The van der Waals surface area contributed by atoms with Crippen LogP contribution < -0.4 is 16.2 Å². The van der Waals surface area contributed by atoms with Gasteiger partial charge in [-0.3, -0.25) is 19.5 Å². The number of aliphatic carboxylic acids is 1. The minimum absolute atomic E-state index is 0.0412. The molecule has 3 aromatic rings. The van der Waals surface area contributed by atoms with Gasteiger partial charge in [-0.25, -0.2) is 9.48 Å². The number of nitrogens with two attached hydrogens (primary N) is 2. The van der Waals surface area contributed by atoms with Gasteiger partial charge < -0.3 is 31.3 Å². The average molecular weight is 743 g/mol. The molecule has 0 fully saturated rings. The third-order valence-electron chi connectivity index (χ3n) is 5.19. The maximum absolute atomic E-state index is 12.6. The highest BCUT2D eigenvalue weighted by atomic mass is 35.5. The van der Waals surface area contributed by atoms with E-state index in [1.807, 2.05) is 0 Å². The van der Waals surface area contributed by atoms with E-state index in [-0.39, 0.29) is 49.7 Å². The number of nitrogens with zero attached hydrogens (tertiary/aromatic N) is 3. The summed E-state index contributed by atoms with van der Waals surface area (Å²) in [7, 11) is -1.77. The molecule has 0 saturated heterocycles. The second kappa shape index (κ2) is 16.3. The molecule has 2 atom stereocenters. The largest absolute Gasteiger partial charge is 0.494 e. The van der Waals surface area contributed by atoms with E-state index in [1.54, 1.807) is 0 Å². The first kappa shape index (κ1) is 39.7. The van der Waals surface area contributed by atoms with E-state index in [0.29, 0.717) is 12.1 Å². The number of aromatic nitrogens is 2. The zero-order valence-corrected chi connectivity index (χ0v) is 26.7. The Morgan fingerprint density at radius 1 is 1.13 bits per heavy atom. The molecule has 0 aliphatic heterocycles. The Hall–Kier alpha value is -3.31. The van der Waals surface area contributed by atoms with Crippen LogP contribution in [0.15, 0.2) is 30.5 Å². The number of hydrogen-bond acceptors (Lipinski definition) is 9. The third kappa shape index (κ3) is 11.5. The standard InChI is InChI=1S/C10H5Cl2F3N4O2.C8H6Cl2O3.C5H12NO4P/c11-5-1-4(10(13,14)15)2-6(12)8(5)18-9(16)7(3-17-18)19(20)21;1-13-7-5(10)3-2-4(9)6(7)8(11)12;1-11(9,10)3-2-4(6)5(7)8/h1-3H,16H2;2-3H,1H3,(H,11,12);4H,2-3,6H2,1H3,(H,7,8)(H,9,10). The van der Waals surface area contributed by atoms with Gasteiger partial charge in [0, 0.05) is 12.8 Å². The number of nitro groups is 1. The number of methoxy groups -OCH3 is 1. The van der Waals surface area contributed by atoms with Crippen LogP contribution in [0.25, 0.3) is 5.69 Å². The number of carboxylic acids is 2. The Kier molecular flexibility index (Phi) is 14.4. The summed E-state index contributed by atoms with van der Waals surface area (Å²) in [5.74, 6) is -2.62. The number of benzene rings is 2. The number of nitrogen functional groups attached to an aromatic ring is 1. The molecule has 0 spiro atoms. The first-order chi connectivity index (χ1) is 20.5. The van der Waals surface area contributed by atoms with Crippen LogP contribution in [0.2, 0.25) is 20.1 Å². The van der Waals surface area contributed by atoms with Crippen molar-refractivity contribution in [1.29, 1.82) is 0 Å². The van der Waals surface area contributed by atoms with Crippen molar-refractivity contribution in [3.63, 3.8) is 0 Å². The SMILES string of the molecule is COc1c(Cl)ccc(Cl)c1C(=O)O.CP(=O)(O)CCC(N)C(=O)O.Nc1c([N+](=O)[O-])cnn1-c1c(Cl)cc(C(F)(F)F)cc1Cl. The normalized spacial score (nSPS) is 12.9. The van der Waals surface area contributed by atoms with Gasteiger partial charge in [-0.1, -0.05) is 46.4 Å². The summed E-state index contributed by atoms with van der Waals surface area (Å²) in [4.78, 5) is 39.5. The molecule has 0 amide bonds. The first-order valence-corrected chi connectivity index (χ1v) is 15.4. The molecule has 0 radical (unpaired) electrons. The van der Waals surface area contributed by atoms with E-state index in [0.717, 1.165) is 10.9 Å². The second-order valence-electron chi connectivity index (χ2n) is 8.62. The number of anilines is 1. The van der Waals surface area contributed by atoms with Gasteiger partial charge in [-0.15, -0.1) is 0 Å². The van der Waals surface area contributed by atoms with Crippen LogP contribution in [-0.2, 0) is 15.5 Å². The summed E-state index contributed by atoms with van der Waals surface area (Å²) in [6, 6.07) is 3.13. The van der Waals surface area contributed by atoms with Gasteiger partial charge in [0.25, 0.3) is 0 Å². The molecule has 2 unspecified atom stereocenters. The van der Waals surface area contributed by atoms with Crippen LogP contribution >= 0.6 is 53.8 Å². The molecule has 14 nitrogen and oxygen atoms in total. The monoisotopic (exact) mass is 741 g/mol. The molecule has 248 valence electrons. The predicted molar refractivity (Wildman–Crippen MR) is 160 cm³/mol. The lowest BCUT2D eigenvalue weighted by Crippen LogP contribution is -2.30. The second-order valence-corrected chi connectivity index (χ2v) is 12.8. The molecule has 1 heterocycles. The van der Waals surface area contributed by atoms with E-state index >= 15 is 0 Å². The molecule has 1 aromatic heterocycles. The highest BCUT2D eigenvalue weighted by molar-refractivity contribution is 7.57. The summed E-state index contributed by atoms with van der Waals surface area (Å²) >= 11 is 22.9. The smallest absolute Gasteiger partial charge is 0.416 e. The van der Waals surface area contributed by atoms with Crippen LogP contribution in [0.3, 0.4) is 0 Å². The lowest BCUT2D eigenvalue weighted by molar-refractivity contribution is -0.383. The number of hydrogen-bond donors (Lipinski definition) is 5. The molecule has 7 N–H and O–H groups in total. The molecular weight excluding hydrogens is 720 g/mol. The molecule has 22 heteroatoms. The summed E-state index contributed by atoms with van der Waals surface area (Å²) in [5.41, 5.74) is 8.76. The highest BCUT2D eigenvalue weighted by Crippen LogP contribution is 2.39. The molecule has 0 saturated carbocycles. The van der Waals surface area contributed by atoms with Gasteiger partial charge in [0.05, 0.1) is 37.7 Å². The molecule has 2 aromatic carbocycles. The Morgan fingerprint density at radius 2 is 1.64 bits per heavy atom. The lowest BCUT2D eigenvalue weighted by Gasteiger charge is -2.12. The molecule has 0 aliphatic rings. The number of carboxylic acid groups (broad SMARTS) is 2. The first-order valence-electron chi connectivity index (χ1n) is 11.6. The zero-order valence-electron chi connectivity index (χ0n) is 22.8. The fourth-order valence-corrected chi connectivity index (χ4v) is 4.90. The molecule has 0 bridgehead atoms. The van der Waals surface area contributed by atoms with Gasteiger partial charge in [0.1, 0.15) is 23.5 Å². The Morgan fingerprint density at radius 3 is 2.00 bits per heavy atom. The van der Waals surface area contributed by atoms with Crippen LogP contribution in [0, 0.1) is 10.1 Å². The van der Waals surface area contributed by atoms with Gasteiger partial charge >= 0.3 is 23.8 Å². The Balaban J connectivity index is 0.000000364. The quantitative estimate of drug-likeness (QED) is 0.100. The Labute approximate surface area is 271 Å². The lowest BCUT2D eigenvalue weighted by atomic mass is 10.2. The molecular formula is C23H23Cl4F3N5O9P. The summed E-state index contributed by atoms with van der Waals surface area (Å²) in [6.45, 7) is 1.18. The summed E-state index contributed by atoms with van der Waals surface area (Å²) < 4.78 is 54.1. The van der Waals surface area contributed by atoms with Gasteiger partial charge in [-0.2, -0.15) is 18.3 Å². The summed E-state index contributed by atoms with van der Waals surface area (Å²) in [5, 5.41) is 30.9. The average Bonchev–Trinajstić information content (AvgIpc) is 3.28. The summed E-state index contributed by atoms with van der Waals surface area (Å²) in [6.07, 6.45) is -3.78. The fraction of sp³-hybridized carbons (Fsp3) is 0.261. The highest BCUT2D eigenvalue weighted by Gasteiger charge is 2.33. The fourth-order valence-electron chi connectivity index (χ4n) is 3.03. The molecule has 45 heavy (non-hydrogen) atoms. The van der Waals surface area contributed by atoms with Crippen molar-refractivity contribution in [2.24, 2.45) is 5.73 Å². The zero-order chi connectivity index (χ0) is 35.0. The van der Waals surface area contributed by atoms with Crippen LogP contribution in [-0.4, -0.2) is 67.7 Å². The minimum atomic E-state index is -4.63. The van der Waals surface area contributed by atoms with Crippen molar-refractivity contribution < 1.29 is 52.1 Å². The van der Waals surface area contributed by atoms with Crippen molar-refractivity contribution in [3.05, 3.63) is 71.8 Å². The third-order valence-corrected chi connectivity index (χ3v) is 7.46. The van der Waals surface area contributed by atoms with Gasteiger partial charge in [0.2, 0.25) is 5.82 Å².